The molecule has 2 unspecified atom stereocenters. The van der Waals surface area contributed by atoms with Crippen molar-refractivity contribution in [3.05, 3.63) is 23.8 Å². The van der Waals surface area contributed by atoms with Crippen molar-refractivity contribution >= 4 is 16.9 Å². The van der Waals surface area contributed by atoms with E-state index in [-0.39, 0.29) is 5.91 Å². The van der Waals surface area contributed by atoms with Crippen molar-refractivity contribution in [1.82, 2.24) is 20.3 Å². The molecule has 1 N–H and O–H groups in total. The molecular weight excluding hydrogens is 300 g/mol. The molecule has 5 heteroatoms. The molecule has 1 saturated carbocycles. The molecule has 128 valence electrons. The zero-order valence-electron chi connectivity index (χ0n) is 14.6. The third kappa shape index (κ3) is 2.80. The highest BCUT2D eigenvalue weighted by Crippen LogP contribution is 2.48. The highest BCUT2D eigenvalue weighted by molar-refractivity contribution is 5.81. The molecule has 2 atom stereocenters. The number of carbonyl (C=O) groups is 1. The predicted octanol–water partition coefficient (Wildman–Crippen LogP) is 3.18. The number of likely N-dealkylation sites (tertiary alicyclic amines) is 1. The summed E-state index contributed by atoms with van der Waals surface area (Å²) >= 11 is 0. The molecule has 1 aliphatic carbocycles. The molecule has 4 rings (SSSR count). The average Bonchev–Trinajstić information content (AvgIpc) is 3.25. The van der Waals surface area contributed by atoms with E-state index in [1.54, 1.807) is 0 Å². The van der Waals surface area contributed by atoms with Gasteiger partial charge in [-0.05, 0) is 54.2 Å². The second-order valence-corrected chi connectivity index (χ2v) is 8.20. The number of nitrogens with zero attached hydrogens (tertiary/aromatic N) is 3. The normalized spacial score (nSPS) is 26.3. The lowest BCUT2D eigenvalue weighted by Gasteiger charge is -2.32. The number of hydrogen-bond donors (Lipinski definition) is 1. The highest BCUT2D eigenvalue weighted by atomic mass is 16.2. The third-order valence-electron chi connectivity index (χ3n) is 6.22. The van der Waals surface area contributed by atoms with Crippen LogP contribution in [0.3, 0.4) is 0 Å². The lowest BCUT2D eigenvalue weighted by molar-refractivity contribution is -0.129. The average molecular weight is 326 g/mol. The molecule has 1 aromatic heterocycles. The monoisotopic (exact) mass is 326 g/mol. The summed E-state index contributed by atoms with van der Waals surface area (Å²) in [5, 5.41) is 10.8. The molecule has 1 saturated heterocycles. The van der Waals surface area contributed by atoms with Gasteiger partial charge >= 0.3 is 0 Å². The summed E-state index contributed by atoms with van der Waals surface area (Å²) in [6.45, 7) is 6.67. The van der Waals surface area contributed by atoms with E-state index < -0.39 is 0 Å². The van der Waals surface area contributed by atoms with Gasteiger partial charge in [-0.3, -0.25) is 4.79 Å². The number of rotatable bonds is 3. The Hall–Kier alpha value is -1.91. The van der Waals surface area contributed by atoms with Crippen molar-refractivity contribution in [2.24, 2.45) is 17.3 Å². The largest absolute Gasteiger partial charge is 0.342 e. The second-order valence-electron chi connectivity index (χ2n) is 8.20. The van der Waals surface area contributed by atoms with Gasteiger partial charge in [0.2, 0.25) is 5.91 Å². The number of fused-ring (bicyclic) bond motifs is 1. The quantitative estimate of drug-likeness (QED) is 0.942. The van der Waals surface area contributed by atoms with Crippen LogP contribution in [0.25, 0.3) is 11.0 Å². The first-order valence-corrected chi connectivity index (χ1v) is 9.10. The van der Waals surface area contributed by atoms with Gasteiger partial charge in [0.1, 0.15) is 11.0 Å². The third-order valence-corrected chi connectivity index (χ3v) is 6.22. The van der Waals surface area contributed by atoms with Crippen molar-refractivity contribution < 1.29 is 4.79 Å². The zero-order chi connectivity index (χ0) is 16.7. The van der Waals surface area contributed by atoms with Crippen LogP contribution in [0, 0.1) is 17.3 Å². The van der Waals surface area contributed by atoms with Crippen LogP contribution in [0.1, 0.15) is 45.1 Å². The van der Waals surface area contributed by atoms with Gasteiger partial charge in [0.05, 0.1) is 6.42 Å². The minimum absolute atomic E-state index is 0.246. The molecule has 1 amide bonds. The van der Waals surface area contributed by atoms with E-state index in [0.29, 0.717) is 17.8 Å². The van der Waals surface area contributed by atoms with Crippen molar-refractivity contribution in [3.8, 4) is 0 Å². The summed E-state index contributed by atoms with van der Waals surface area (Å²) < 4.78 is 0. The zero-order valence-corrected chi connectivity index (χ0v) is 14.6. The maximum Gasteiger partial charge on any atom is 0.227 e. The van der Waals surface area contributed by atoms with Crippen molar-refractivity contribution in [1.29, 1.82) is 0 Å². The summed E-state index contributed by atoms with van der Waals surface area (Å²) in [4.78, 5) is 14.8. The second kappa shape index (κ2) is 5.87. The van der Waals surface area contributed by atoms with Crippen LogP contribution in [-0.2, 0) is 11.2 Å². The van der Waals surface area contributed by atoms with E-state index >= 15 is 0 Å². The fourth-order valence-corrected chi connectivity index (χ4v) is 4.85. The van der Waals surface area contributed by atoms with Gasteiger partial charge in [-0.1, -0.05) is 26.3 Å². The standard InChI is InChI=1S/C19H26N4O/c1-19(2)8-3-4-15(19)14-7-9-23(12-14)18(24)11-13-5-6-16-17(10-13)21-22-20-16/h5-6,10,14-15H,3-4,7-9,11-12H2,1-2H3,(H,20,21,22). The Labute approximate surface area is 142 Å². The molecule has 0 radical (unpaired) electrons. The smallest absolute Gasteiger partial charge is 0.227 e. The fraction of sp³-hybridized carbons (Fsp3) is 0.632. The molecule has 2 heterocycles. The number of H-pyrrole nitrogens is 1. The topological polar surface area (TPSA) is 61.9 Å². The van der Waals surface area contributed by atoms with Crippen LogP contribution < -0.4 is 0 Å². The lowest BCUT2D eigenvalue weighted by Crippen LogP contribution is -2.33. The first-order valence-electron chi connectivity index (χ1n) is 9.10. The van der Waals surface area contributed by atoms with Crippen molar-refractivity contribution in [2.45, 2.75) is 46.0 Å². The first-order chi connectivity index (χ1) is 11.5. The van der Waals surface area contributed by atoms with Crippen LogP contribution in [0.15, 0.2) is 18.2 Å². The molecule has 1 aromatic carbocycles. The van der Waals surface area contributed by atoms with Crippen molar-refractivity contribution in [2.75, 3.05) is 13.1 Å². The van der Waals surface area contributed by atoms with Gasteiger partial charge in [0.25, 0.3) is 0 Å². The molecule has 2 fully saturated rings. The van der Waals surface area contributed by atoms with Gasteiger partial charge in [0.15, 0.2) is 0 Å². The van der Waals surface area contributed by atoms with Crippen LogP contribution in [0.2, 0.25) is 0 Å². The Bertz CT molecular complexity index is 751. The maximum atomic E-state index is 12.7. The molecular formula is C19H26N4O. The van der Waals surface area contributed by atoms with Crippen LogP contribution in [0.5, 0.6) is 0 Å². The van der Waals surface area contributed by atoms with Crippen LogP contribution >= 0.6 is 0 Å². The van der Waals surface area contributed by atoms with Crippen LogP contribution in [0.4, 0.5) is 0 Å². The number of carbonyl (C=O) groups excluding carboxylic acids is 1. The SMILES string of the molecule is CC1(C)CCCC1C1CCN(C(=O)Cc2ccc3n[nH]nc3c2)C1. The number of aromatic amines is 1. The molecule has 2 aliphatic rings. The number of benzene rings is 1. The van der Waals surface area contributed by atoms with Gasteiger partial charge in [-0.25, -0.2) is 0 Å². The Morgan fingerprint density at radius 1 is 1.29 bits per heavy atom. The fourth-order valence-electron chi connectivity index (χ4n) is 4.85. The Morgan fingerprint density at radius 3 is 2.92 bits per heavy atom. The predicted molar refractivity (Wildman–Crippen MR) is 93.4 cm³/mol. The summed E-state index contributed by atoms with van der Waals surface area (Å²) in [5.41, 5.74) is 3.14. The summed E-state index contributed by atoms with van der Waals surface area (Å²) in [6, 6.07) is 5.87. The first kappa shape index (κ1) is 15.6. The minimum atomic E-state index is 0.246. The van der Waals surface area contributed by atoms with E-state index in [2.05, 4.69) is 34.2 Å². The lowest BCUT2D eigenvalue weighted by atomic mass is 9.74. The Kier molecular flexibility index (Phi) is 3.82. The van der Waals surface area contributed by atoms with E-state index in [4.69, 9.17) is 0 Å². The number of aromatic nitrogens is 3. The van der Waals surface area contributed by atoms with E-state index in [9.17, 15) is 4.79 Å². The summed E-state index contributed by atoms with van der Waals surface area (Å²) in [7, 11) is 0. The Morgan fingerprint density at radius 2 is 2.12 bits per heavy atom. The van der Waals surface area contributed by atoms with Gasteiger partial charge in [-0.2, -0.15) is 15.4 Å². The van der Waals surface area contributed by atoms with Crippen molar-refractivity contribution in [3.63, 3.8) is 0 Å². The molecule has 2 aromatic rings. The Balaban J connectivity index is 1.40. The van der Waals surface area contributed by atoms with Gasteiger partial charge < -0.3 is 4.90 Å². The minimum Gasteiger partial charge on any atom is -0.342 e. The van der Waals surface area contributed by atoms with Gasteiger partial charge in [-0.15, -0.1) is 0 Å². The number of nitrogens with one attached hydrogen (secondary N) is 1. The van der Waals surface area contributed by atoms with Gasteiger partial charge in [0, 0.05) is 13.1 Å². The maximum absolute atomic E-state index is 12.7. The number of hydrogen-bond acceptors (Lipinski definition) is 3. The molecule has 0 spiro atoms. The van der Waals surface area contributed by atoms with E-state index in [1.165, 1.54) is 25.7 Å². The van der Waals surface area contributed by atoms with Crippen LogP contribution in [-0.4, -0.2) is 39.3 Å². The molecule has 24 heavy (non-hydrogen) atoms. The number of amides is 1. The molecule has 1 aliphatic heterocycles. The highest BCUT2D eigenvalue weighted by Gasteiger charge is 2.42. The summed E-state index contributed by atoms with van der Waals surface area (Å²) in [6.07, 6.45) is 5.65. The van der Waals surface area contributed by atoms with E-state index in [1.807, 2.05) is 18.2 Å². The van der Waals surface area contributed by atoms with E-state index in [0.717, 1.165) is 35.6 Å². The summed E-state index contributed by atoms with van der Waals surface area (Å²) in [5.74, 6) is 1.71. The molecule has 0 bridgehead atoms. The molecule has 5 nitrogen and oxygen atoms in total.